The largest absolute Gasteiger partial charge is 0.396 e. The lowest BCUT2D eigenvalue weighted by Gasteiger charge is -2.13. The predicted molar refractivity (Wildman–Crippen MR) is 77.3 cm³/mol. The molecular weight excluding hydrogens is 285 g/mol. The Morgan fingerprint density at radius 3 is 2.84 bits per heavy atom. The molecule has 1 heterocycles. The maximum atomic E-state index is 11.9. The number of likely N-dealkylation sites (tertiary alicyclic amines) is 1. The van der Waals surface area contributed by atoms with Crippen LogP contribution < -0.4 is 0 Å². The molecule has 1 aromatic rings. The van der Waals surface area contributed by atoms with Crippen LogP contribution in [0.4, 0.5) is 0 Å². The summed E-state index contributed by atoms with van der Waals surface area (Å²) in [5.41, 5.74) is 0.834. The van der Waals surface area contributed by atoms with E-state index in [1.807, 2.05) is 0 Å². The van der Waals surface area contributed by atoms with E-state index < -0.39 is 0 Å². The lowest BCUT2D eigenvalue weighted by atomic mass is 10.1. The van der Waals surface area contributed by atoms with Gasteiger partial charge in [-0.05, 0) is 30.2 Å². The zero-order valence-corrected chi connectivity index (χ0v) is 11.9. The van der Waals surface area contributed by atoms with Crippen LogP contribution in [0, 0.1) is 5.92 Å². The van der Waals surface area contributed by atoms with Crippen LogP contribution in [-0.2, 0) is 4.79 Å². The molecule has 3 nitrogen and oxygen atoms in total. The first-order chi connectivity index (χ1) is 9.10. The predicted octanol–water partition coefficient (Wildman–Crippen LogP) is 2.85. The molecule has 1 fully saturated rings. The number of carbonyl (C=O) groups is 1. The molecule has 0 bridgehead atoms. The van der Waals surface area contributed by atoms with E-state index in [0.29, 0.717) is 23.1 Å². The standard InChI is InChI=1S/C14H15Cl2NO2/c15-12-3-1-10(7-13(12)16)2-4-14(19)17-6-5-11(8-17)9-18/h1-4,7,11,18H,5-6,8-9H2/b4-2+. The third kappa shape index (κ3) is 3.72. The van der Waals surface area contributed by atoms with Gasteiger partial charge in [-0.25, -0.2) is 0 Å². The number of carbonyl (C=O) groups excluding carboxylic acids is 1. The molecule has 0 radical (unpaired) electrons. The Balaban J connectivity index is 1.98. The molecule has 1 aliphatic heterocycles. The van der Waals surface area contributed by atoms with Gasteiger partial charge in [-0.3, -0.25) is 4.79 Å². The van der Waals surface area contributed by atoms with E-state index in [4.69, 9.17) is 28.3 Å². The summed E-state index contributed by atoms with van der Waals surface area (Å²) in [6.45, 7) is 1.47. The molecule has 102 valence electrons. The number of aliphatic hydroxyl groups excluding tert-OH is 1. The molecule has 0 spiro atoms. The molecule has 1 saturated heterocycles. The smallest absolute Gasteiger partial charge is 0.246 e. The van der Waals surface area contributed by atoms with Crippen molar-refractivity contribution in [3.63, 3.8) is 0 Å². The fourth-order valence-electron chi connectivity index (χ4n) is 2.07. The van der Waals surface area contributed by atoms with Gasteiger partial charge >= 0.3 is 0 Å². The molecule has 0 aliphatic carbocycles. The number of hydrogen-bond donors (Lipinski definition) is 1. The molecule has 0 saturated carbocycles. The Hall–Kier alpha value is -1.03. The summed E-state index contributed by atoms with van der Waals surface area (Å²) >= 11 is 11.7. The van der Waals surface area contributed by atoms with Crippen LogP contribution in [0.2, 0.25) is 10.0 Å². The van der Waals surface area contributed by atoms with Crippen LogP contribution in [0.3, 0.4) is 0 Å². The Morgan fingerprint density at radius 1 is 1.42 bits per heavy atom. The SMILES string of the molecule is O=C(/C=C/c1ccc(Cl)c(Cl)c1)N1CCC(CO)C1. The average Bonchev–Trinajstić information content (AvgIpc) is 2.88. The number of amides is 1. The number of nitrogens with zero attached hydrogens (tertiary/aromatic N) is 1. The van der Waals surface area contributed by atoms with Gasteiger partial charge in [0.25, 0.3) is 0 Å². The highest BCUT2D eigenvalue weighted by Gasteiger charge is 2.23. The fraction of sp³-hybridized carbons (Fsp3) is 0.357. The number of halogens is 2. The van der Waals surface area contributed by atoms with E-state index in [2.05, 4.69) is 0 Å². The van der Waals surface area contributed by atoms with Crippen molar-refractivity contribution >= 4 is 35.2 Å². The monoisotopic (exact) mass is 299 g/mol. The molecule has 1 aromatic carbocycles. The normalized spacial score (nSPS) is 19.3. The van der Waals surface area contributed by atoms with Gasteiger partial charge in [-0.15, -0.1) is 0 Å². The third-order valence-corrected chi connectivity index (χ3v) is 3.96. The average molecular weight is 300 g/mol. The van der Waals surface area contributed by atoms with Crippen LogP contribution >= 0.6 is 23.2 Å². The molecule has 1 aliphatic rings. The Morgan fingerprint density at radius 2 is 2.21 bits per heavy atom. The van der Waals surface area contributed by atoms with Gasteiger partial charge in [0.05, 0.1) is 10.0 Å². The van der Waals surface area contributed by atoms with Gasteiger partial charge in [0.2, 0.25) is 5.91 Å². The molecule has 1 N–H and O–H groups in total. The van der Waals surface area contributed by atoms with Gasteiger partial charge in [0.15, 0.2) is 0 Å². The minimum Gasteiger partial charge on any atom is -0.396 e. The molecule has 1 amide bonds. The van der Waals surface area contributed by atoms with Crippen molar-refractivity contribution in [1.82, 2.24) is 4.90 Å². The maximum absolute atomic E-state index is 11.9. The van der Waals surface area contributed by atoms with Gasteiger partial charge in [0, 0.05) is 31.7 Å². The zero-order chi connectivity index (χ0) is 13.8. The summed E-state index contributed by atoms with van der Waals surface area (Å²) in [5.74, 6) is 0.171. The highest BCUT2D eigenvalue weighted by molar-refractivity contribution is 6.42. The maximum Gasteiger partial charge on any atom is 0.246 e. The Labute approximate surface area is 122 Å². The van der Waals surface area contributed by atoms with Gasteiger partial charge in [-0.1, -0.05) is 29.3 Å². The summed E-state index contributed by atoms with van der Waals surface area (Å²) in [7, 11) is 0. The van der Waals surface area contributed by atoms with E-state index in [1.165, 1.54) is 6.08 Å². The lowest BCUT2D eigenvalue weighted by molar-refractivity contribution is -0.125. The second-order valence-electron chi connectivity index (χ2n) is 4.63. The summed E-state index contributed by atoms with van der Waals surface area (Å²) in [5, 5.41) is 10.0. The van der Waals surface area contributed by atoms with Crippen LogP contribution in [-0.4, -0.2) is 35.6 Å². The Bertz CT molecular complexity index is 502. The van der Waals surface area contributed by atoms with Crippen molar-refractivity contribution in [3.8, 4) is 0 Å². The second kappa shape index (κ2) is 6.42. The number of benzene rings is 1. The first-order valence-corrected chi connectivity index (χ1v) is 6.88. The highest BCUT2D eigenvalue weighted by Crippen LogP contribution is 2.23. The van der Waals surface area contributed by atoms with E-state index >= 15 is 0 Å². The topological polar surface area (TPSA) is 40.5 Å². The molecule has 2 rings (SSSR count). The van der Waals surface area contributed by atoms with Crippen molar-refractivity contribution in [1.29, 1.82) is 0 Å². The number of hydrogen-bond acceptors (Lipinski definition) is 2. The van der Waals surface area contributed by atoms with Crippen LogP contribution in [0.15, 0.2) is 24.3 Å². The van der Waals surface area contributed by atoms with E-state index in [9.17, 15) is 4.79 Å². The van der Waals surface area contributed by atoms with Gasteiger partial charge in [0.1, 0.15) is 0 Å². The first-order valence-electron chi connectivity index (χ1n) is 6.13. The van der Waals surface area contributed by atoms with Crippen molar-refractivity contribution in [2.24, 2.45) is 5.92 Å². The summed E-state index contributed by atoms with van der Waals surface area (Å²) in [6, 6.07) is 5.22. The quantitative estimate of drug-likeness (QED) is 0.872. The van der Waals surface area contributed by atoms with Gasteiger partial charge in [-0.2, -0.15) is 0 Å². The highest BCUT2D eigenvalue weighted by atomic mass is 35.5. The lowest BCUT2D eigenvalue weighted by Crippen LogP contribution is -2.27. The minimum absolute atomic E-state index is 0.0398. The molecule has 0 aromatic heterocycles. The van der Waals surface area contributed by atoms with E-state index in [1.54, 1.807) is 29.2 Å². The summed E-state index contributed by atoms with van der Waals surface area (Å²) in [6.07, 6.45) is 4.11. The molecular formula is C14H15Cl2NO2. The van der Waals surface area contributed by atoms with E-state index in [0.717, 1.165) is 12.0 Å². The molecule has 1 unspecified atom stereocenters. The minimum atomic E-state index is -0.0398. The van der Waals surface area contributed by atoms with E-state index in [-0.39, 0.29) is 18.4 Å². The second-order valence-corrected chi connectivity index (χ2v) is 5.44. The number of aliphatic hydroxyl groups is 1. The number of rotatable bonds is 3. The van der Waals surface area contributed by atoms with Crippen molar-refractivity contribution in [2.45, 2.75) is 6.42 Å². The molecule has 5 heteroatoms. The molecule has 1 atom stereocenters. The summed E-state index contributed by atoms with van der Waals surface area (Å²) in [4.78, 5) is 13.7. The van der Waals surface area contributed by atoms with Crippen molar-refractivity contribution in [2.75, 3.05) is 19.7 Å². The van der Waals surface area contributed by atoms with Gasteiger partial charge < -0.3 is 10.0 Å². The summed E-state index contributed by atoms with van der Waals surface area (Å²) < 4.78 is 0. The Kier molecular flexibility index (Phi) is 4.86. The van der Waals surface area contributed by atoms with Crippen molar-refractivity contribution in [3.05, 3.63) is 39.9 Å². The molecule has 19 heavy (non-hydrogen) atoms. The van der Waals surface area contributed by atoms with Crippen LogP contribution in [0.25, 0.3) is 6.08 Å². The van der Waals surface area contributed by atoms with Crippen LogP contribution in [0.1, 0.15) is 12.0 Å². The van der Waals surface area contributed by atoms with Crippen LogP contribution in [0.5, 0.6) is 0 Å². The fourth-order valence-corrected chi connectivity index (χ4v) is 2.38. The zero-order valence-electron chi connectivity index (χ0n) is 10.4. The van der Waals surface area contributed by atoms with Crippen molar-refractivity contribution < 1.29 is 9.90 Å². The first kappa shape index (κ1) is 14.4. The third-order valence-electron chi connectivity index (χ3n) is 3.22.